The van der Waals surface area contributed by atoms with E-state index in [1.807, 2.05) is 23.1 Å². The van der Waals surface area contributed by atoms with Crippen molar-refractivity contribution < 1.29 is 4.39 Å². The van der Waals surface area contributed by atoms with E-state index in [0.717, 1.165) is 12.2 Å². The number of hydrogen-bond donors (Lipinski definition) is 0. The fourth-order valence-electron chi connectivity index (χ4n) is 1.18. The molecule has 0 radical (unpaired) electrons. The first kappa shape index (κ1) is 6.40. The Morgan fingerprint density at radius 3 is 3.18 bits per heavy atom. The molecular formula is C9H8FN. The minimum Gasteiger partial charge on any atom is -0.341 e. The Labute approximate surface area is 64.8 Å². The molecule has 0 aromatic heterocycles. The van der Waals surface area contributed by atoms with Crippen molar-refractivity contribution in [2.45, 2.75) is 0 Å². The van der Waals surface area contributed by atoms with E-state index >= 15 is 0 Å². The van der Waals surface area contributed by atoms with Gasteiger partial charge >= 0.3 is 0 Å². The molecule has 0 saturated carbocycles. The summed E-state index contributed by atoms with van der Waals surface area (Å²) in [6.07, 6.45) is 10.7. The van der Waals surface area contributed by atoms with E-state index in [2.05, 4.69) is 0 Å². The second-order valence-corrected chi connectivity index (χ2v) is 2.52. The third kappa shape index (κ3) is 1.11. The summed E-state index contributed by atoms with van der Waals surface area (Å²) in [6.45, 7) is 0.767. The molecule has 0 aromatic carbocycles. The van der Waals surface area contributed by atoms with E-state index in [-0.39, 0.29) is 5.83 Å². The molecule has 56 valence electrons. The highest BCUT2D eigenvalue weighted by atomic mass is 19.1. The molecule has 1 nitrogen and oxygen atoms in total. The first-order chi connectivity index (χ1) is 5.36. The van der Waals surface area contributed by atoms with E-state index in [1.165, 1.54) is 12.3 Å². The van der Waals surface area contributed by atoms with Crippen molar-refractivity contribution in [3.8, 4) is 0 Å². The molecule has 0 amide bonds. The van der Waals surface area contributed by atoms with E-state index in [1.54, 1.807) is 6.08 Å². The molecule has 2 heterocycles. The lowest BCUT2D eigenvalue weighted by Crippen LogP contribution is -2.19. The lowest BCUT2D eigenvalue weighted by Gasteiger charge is -2.24. The SMILES string of the molecule is FC1=CN2CC=CC=C2C=C1. The standard InChI is InChI=1S/C9H8FN/c10-8-4-5-9-3-1-2-6-11(9)7-8/h1-5,7H,6H2. The minimum atomic E-state index is -0.183. The van der Waals surface area contributed by atoms with Crippen molar-refractivity contribution in [2.75, 3.05) is 6.54 Å². The summed E-state index contributed by atoms with van der Waals surface area (Å²) in [5, 5.41) is 0. The molecule has 2 aliphatic rings. The van der Waals surface area contributed by atoms with Gasteiger partial charge in [-0.3, -0.25) is 0 Å². The first-order valence-corrected chi connectivity index (χ1v) is 3.55. The van der Waals surface area contributed by atoms with Gasteiger partial charge in [0.2, 0.25) is 0 Å². The summed E-state index contributed by atoms with van der Waals surface area (Å²) in [7, 11) is 0. The van der Waals surface area contributed by atoms with Gasteiger partial charge in [-0.05, 0) is 18.2 Å². The molecule has 2 rings (SSSR count). The van der Waals surface area contributed by atoms with Crippen LogP contribution in [0.5, 0.6) is 0 Å². The van der Waals surface area contributed by atoms with Crippen molar-refractivity contribution >= 4 is 0 Å². The van der Waals surface area contributed by atoms with Gasteiger partial charge in [0.15, 0.2) is 0 Å². The Balaban J connectivity index is 2.33. The van der Waals surface area contributed by atoms with Gasteiger partial charge in [-0.15, -0.1) is 0 Å². The Bertz CT molecular complexity index is 284. The Morgan fingerprint density at radius 2 is 2.27 bits per heavy atom. The van der Waals surface area contributed by atoms with Crippen molar-refractivity contribution in [1.29, 1.82) is 0 Å². The Hall–Kier alpha value is -1.31. The second kappa shape index (κ2) is 2.38. The van der Waals surface area contributed by atoms with Crippen LogP contribution in [0.2, 0.25) is 0 Å². The zero-order chi connectivity index (χ0) is 7.68. The number of rotatable bonds is 0. The molecule has 0 bridgehead atoms. The molecule has 0 unspecified atom stereocenters. The summed E-state index contributed by atoms with van der Waals surface area (Å²) in [5.74, 6) is -0.183. The van der Waals surface area contributed by atoms with Crippen LogP contribution < -0.4 is 0 Å². The van der Waals surface area contributed by atoms with E-state index in [0.29, 0.717) is 0 Å². The topological polar surface area (TPSA) is 3.24 Å². The summed E-state index contributed by atoms with van der Waals surface area (Å²) < 4.78 is 12.6. The highest BCUT2D eigenvalue weighted by molar-refractivity contribution is 5.35. The van der Waals surface area contributed by atoms with Gasteiger partial charge in [0.25, 0.3) is 0 Å². The summed E-state index contributed by atoms with van der Waals surface area (Å²) in [5.41, 5.74) is 1.05. The van der Waals surface area contributed by atoms with Gasteiger partial charge in [0.1, 0.15) is 5.83 Å². The smallest absolute Gasteiger partial charge is 0.139 e. The van der Waals surface area contributed by atoms with Gasteiger partial charge < -0.3 is 4.90 Å². The van der Waals surface area contributed by atoms with Crippen LogP contribution in [0.3, 0.4) is 0 Å². The van der Waals surface area contributed by atoms with E-state index < -0.39 is 0 Å². The number of allylic oxidation sites excluding steroid dienone is 5. The highest BCUT2D eigenvalue weighted by Gasteiger charge is 2.09. The van der Waals surface area contributed by atoms with Crippen molar-refractivity contribution in [2.24, 2.45) is 0 Å². The van der Waals surface area contributed by atoms with Gasteiger partial charge in [-0.2, -0.15) is 0 Å². The van der Waals surface area contributed by atoms with E-state index in [9.17, 15) is 4.39 Å². The molecule has 0 spiro atoms. The number of halogens is 1. The minimum absolute atomic E-state index is 0.183. The maximum atomic E-state index is 12.6. The van der Waals surface area contributed by atoms with Gasteiger partial charge in [0.05, 0.1) is 0 Å². The molecule has 2 aliphatic heterocycles. The van der Waals surface area contributed by atoms with Crippen LogP contribution in [0, 0.1) is 0 Å². The lowest BCUT2D eigenvalue weighted by molar-refractivity contribution is 0.492. The zero-order valence-electron chi connectivity index (χ0n) is 6.00. The van der Waals surface area contributed by atoms with Crippen molar-refractivity contribution in [3.05, 3.63) is 48.1 Å². The average Bonchev–Trinajstić information content (AvgIpc) is 2.04. The fraction of sp³-hybridized carbons (Fsp3) is 0.111. The predicted octanol–water partition coefficient (Wildman–Crippen LogP) is 2.12. The first-order valence-electron chi connectivity index (χ1n) is 3.55. The van der Waals surface area contributed by atoms with Crippen LogP contribution in [-0.2, 0) is 0 Å². The van der Waals surface area contributed by atoms with Crippen LogP contribution >= 0.6 is 0 Å². The Kier molecular flexibility index (Phi) is 1.39. The molecule has 0 aliphatic carbocycles. The average molecular weight is 149 g/mol. The van der Waals surface area contributed by atoms with Crippen LogP contribution in [0.15, 0.2) is 48.1 Å². The molecule has 0 atom stereocenters. The monoisotopic (exact) mass is 149 g/mol. The summed E-state index contributed by atoms with van der Waals surface area (Å²) in [4.78, 5) is 1.87. The number of hydrogen-bond acceptors (Lipinski definition) is 1. The van der Waals surface area contributed by atoms with E-state index in [4.69, 9.17) is 0 Å². The Morgan fingerprint density at radius 1 is 1.36 bits per heavy atom. The third-order valence-corrected chi connectivity index (χ3v) is 1.73. The van der Waals surface area contributed by atoms with Crippen LogP contribution in [-0.4, -0.2) is 11.4 Å². The maximum absolute atomic E-state index is 12.6. The predicted molar refractivity (Wildman–Crippen MR) is 42.3 cm³/mol. The highest BCUT2D eigenvalue weighted by Crippen LogP contribution is 2.19. The number of nitrogens with zero attached hydrogens (tertiary/aromatic N) is 1. The van der Waals surface area contributed by atoms with Crippen LogP contribution in [0.25, 0.3) is 0 Å². The summed E-state index contributed by atoms with van der Waals surface area (Å²) in [6, 6.07) is 0. The third-order valence-electron chi connectivity index (χ3n) is 1.73. The van der Waals surface area contributed by atoms with Gasteiger partial charge in [-0.1, -0.05) is 12.2 Å². The molecular weight excluding hydrogens is 141 g/mol. The number of fused-ring (bicyclic) bond motifs is 1. The lowest BCUT2D eigenvalue weighted by atomic mass is 10.2. The van der Waals surface area contributed by atoms with Crippen molar-refractivity contribution in [1.82, 2.24) is 4.90 Å². The quantitative estimate of drug-likeness (QED) is 0.510. The normalized spacial score (nSPS) is 21.0. The molecule has 2 heteroatoms. The summed E-state index contributed by atoms with van der Waals surface area (Å²) >= 11 is 0. The molecule has 0 N–H and O–H groups in total. The zero-order valence-corrected chi connectivity index (χ0v) is 6.00. The molecule has 0 saturated heterocycles. The van der Waals surface area contributed by atoms with Crippen LogP contribution in [0.4, 0.5) is 4.39 Å². The molecule has 0 fully saturated rings. The largest absolute Gasteiger partial charge is 0.341 e. The van der Waals surface area contributed by atoms with Gasteiger partial charge in [-0.25, -0.2) is 4.39 Å². The van der Waals surface area contributed by atoms with Gasteiger partial charge in [0, 0.05) is 18.4 Å². The maximum Gasteiger partial charge on any atom is 0.139 e. The van der Waals surface area contributed by atoms with Crippen LogP contribution in [0.1, 0.15) is 0 Å². The second-order valence-electron chi connectivity index (χ2n) is 2.52. The van der Waals surface area contributed by atoms with Crippen molar-refractivity contribution in [3.63, 3.8) is 0 Å². The molecule has 0 aromatic rings. The molecule has 11 heavy (non-hydrogen) atoms. The fourth-order valence-corrected chi connectivity index (χ4v) is 1.18.